The standard InChI is InChI=1S/C34H46N2O2.BrH/c1-33(2)24-32(25-34(3,4)35(33)37)38-23-15-14-22-36(26-29-16-8-5-9-17-29,27-30-18-10-6-11-19-30)28-31-20-12-7-13-21-31;/h5-13,16-21,32H,14-15,22-28H2,1-4H3;1H/q+1;/p-1. The summed E-state index contributed by atoms with van der Waals surface area (Å²) in [5.74, 6) is 0. The fraction of sp³-hybridized carbons (Fsp3) is 0.471. The molecule has 3 aromatic carbocycles. The van der Waals surface area contributed by atoms with E-state index in [4.69, 9.17) is 4.74 Å². The van der Waals surface area contributed by atoms with E-state index in [9.17, 15) is 5.21 Å². The summed E-state index contributed by atoms with van der Waals surface area (Å²) in [5, 5.41) is 14.0. The van der Waals surface area contributed by atoms with Gasteiger partial charge in [-0.05, 0) is 53.4 Å². The molecule has 0 atom stereocenters. The molecule has 0 N–H and O–H groups in total. The minimum atomic E-state index is -0.389. The van der Waals surface area contributed by atoms with Gasteiger partial charge >= 0.3 is 0 Å². The summed E-state index contributed by atoms with van der Waals surface area (Å²) >= 11 is 0. The van der Waals surface area contributed by atoms with E-state index < -0.39 is 0 Å². The average Bonchev–Trinajstić information content (AvgIpc) is 2.88. The Hall–Kier alpha value is -2.02. The Balaban J connectivity index is 0.00000420. The van der Waals surface area contributed by atoms with Crippen LogP contribution in [0.2, 0.25) is 0 Å². The van der Waals surface area contributed by atoms with Crippen LogP contribution in [0.5, 0.6) is 0 Å². The molecule has 0 amide bonds. The van der Waals surface area contributed by atoms with Crippen LogP contribution in [0.1, 0.15) is 70.1 Å². The van der Waals surface area contributed by atoms with Crippen molar-refractivity contribution in [3.05, 3.63) is 108 Å². The molecule has 4 nitrogen and oxygen atoms in total. The van der Waals surface area contributed by atoms with Crippen LogP contribution < -0.4 is 17.0 Å². The fourth-order valence-electron chi connectivity index (χ4n) is 6.41. The molecule has 1 fully saturated rings. The van der Waals surface area contributed by atoms with E-state index in [1.807, 2.05) is 27.7 Å². The van der Waals surface area contributed by atoms with E-state index in [2.05, 4.69) is 91.0 Å². The minimum Gasteiger partial charge on any atom is -1.00 e. The van der Waals surface area contributed by atoms with Gasteiger partial charge < -0.3 is 26.2 Å². The lowest BCUT2D eigenvalue weighted by Gasteiger charge is -2.49. The summed E-state index contributed by atoms with van der Waals surface area (Å²) in [4.78, 5) is 0. The van der Waals surface area contributed by atoms with Gasteiger partial charge in [-0.2, -0.15) is 0 Å². The molecule has 5 heteroatoms. The Kier molecular flexibility index (Phi) is 11.3. The summed E-state index contributed by atoms with van der Waals surface area (Å²) in [6.07, 6.45) is 3.84. The highest BCUT2D eigenvalue weighted by molar-refractivity contribution is 5.17. The SMILES string of the molecule is CC1(C)CC(OCCCC[N+](Cc2ccccc2)(Cc2ccccc2)Cc2ccccc2)CC(C)(C)N1[O].[Br-]. The molecule has 0 spiro atoms. The molecule has 0 aliphatic carbocycles. The molecule has 1 saturated heterocycles. The van der Waals surface area contributed by atoms with Crippen molar-refractivity contribution in [2.75, 3.05) is 13.2 Å². The molecule has 1 radical (unpaired) electrons. The van der Waals surface area contributed by atoms with Gasteiger partial charge in [0.25, 0.3) is 0 Å². The molecule has 0 aromatic heterocycles. The fourth-order valence-corrected chi connectivity index (χ4v) is 6.41. The van der Waals surface area contributed by atoms with E-state index in [0.717, 1.165) is 63.0 Å². The van der Waals surface area contributed by atoms with Crippen molar-refractivity contribution < 1.29 is 31.4 Å². The molecule has 4 rings (SSSR count). The second-order valence-electron chi connectivity index (χ2n) is 12.5. The zero-order valence-electron chi connectivity index (χ0n) is 24.2. The Morgan fingerprint density at radius 2 is 1.08 bits per heavy atom. The van der Waals surface area contributed by atoms with Gasteiger partial charge in [0.1, 0.15) is 19.6 Å². The van der Waals surface area contributed by atoms with Crippen molar-refractivity contribution in [1.82, 2.24) is 5.06 Å². The van der Waals surface area contributed by atoms with Crippen LogP contribution in [-0.2, 0) is 29.6 Å². The third-order valence-corrected chi connectivity index (χ3v) is 8.02. The van der Waals surface area contributed by atoms with Gasteiger partial charge in [-0.15, -0.1) is 10.3 Å². The van der Waals surface area contributed by atoms with Gasteiger partial charge in [-0.25, -0.2) is 0 Å². The Morgan fingerprint density at radius 1 is 0.692 bits per heavy atom. The maximum Gasteiger partial charge on any atom is 0.105 e. The van der Waals surface area contributed by atoms with Gasteiger partial charge in [0, 0.05) is 34.4 Å². The molecular formula is C34H46BrN2O2. The number of nitrogens with zero attached hydrogens (tertiary/aromatic N) is 2. The van der Waals surface area contributed by atoms with Crippen LogP contribution >= 0.6 is 0 Å². The van der Waals surface area contributed by atoms with E-state index in [1.54, 1.807) is 0 Å². The van der Waals surface area contributed by atoms with Crippen LogP contribution in [-0.4, -0.2) is 39.9 Å². The first kappa shape index (κ1) is 31.5. The van der Waals surface area contributed by atoms with Crippen molar-refractivity contribution in [2.24, 2.45) is 0 Å². The number of rotatable bonds is 12. The molecule has 0 bridgehead atoms. The highest BCUT2D eigenvalue weighted by Crippen LogP contribution is 2.38. The minimum absolute atomic E-state index is 0. The van der Waals surface area contributed by atoms with E-state index in [0.29, 0.717) is 0 Å². The predicted molar refractivity (Wildman–Crippen MR) is 154 cm³/mol. The number of halogens is 1. The molecular weight excluding hydrogens is 548 g/mol. The maximum atomic E-state index is 12.7. The maximum absolute atomic E-state index is 12.7. The second kappa shape index (κ2) is 14.0. The summed E-state index contributed by atoms with van der Waals surface area (Å²) in [5.41, 5.74) is 3.36. The second-order valence-corrected chi connectivity index (χ2v) is 12.5. The van der Waals surface area contributed by atoms with E-state index in [-0.39, 0.29) is 34.2 Å². The predicted octanol–water partition coefficient (Wildman–Crippen LogP) is 4.57. The molecule has 0 saturated carbocycles. The Bertz CT molecular complexity index is 986. The highest BCUT2D eigenvalue weighted by atomic mass is 79.9. The number of quaternary nitrogens is 1. The van der Waals surface area contributed by atoms with Gasteiger partial charge in [0.15, 0.2) is 0 Å². The number of benzene rings is 3. The lowest BCUT2D eigenvalue weighted by molar-refractivity contribution is -0.966. The third kappa shape index (κ3) is 8.99. The smallest absolute Gasteiger partial charge is 0.105 e. The van der Waals surface area contributed by atoms with Crippen LogP contribution in [0.25, 0.3) is 0 Å². The number of unbranched alkanes of at least 4 members (excludes halogenated alkanes) is 1. The van der Waals surface area contributed by atoms with Gasteiger partial charge in [0.2, 0.25) is 0 Å². The summed E-state index contributed by atoms with van der Waals surface area (Å²) in [6.45, 7) is 13.0. The lowest BCUT2D eigenvalue weighted by Crippen LogP contribution is -3.00. The van der Waals surface area contributed by atoms with E-state index in [1.165, 1.54) is 21.8 Å². The van der Waals surface area contributed by atoms with Crippen molar-refractivity contribution in [1.29, 1.82) is 0 Å². The zero-order chi connectivity index (χ0) is 27.1. The molecule has 1 aliphatic heterocycles. The molecule has 3 aromatic rings. The zero-order valence-corrected chi connectivity index (χ0v) is 25.8. The van der Waals surface area contributed by atoms with Crippen LogP contribution in [0, 0.1) is 0 Å². The Labute approximate surface area is 246 Å². The van der Waals surface area contributed by atoms with E-state index >= 15 is 0 Å². The first-order valence-corrected chi connectivity index (χ1v) is 14.2. The monoisotopic (exact) mass is 593 g/mol. The third-order valence-electron chi connectivity index (χ3n) is 8.02. The molecule has 0 unspecified atom stereocenters. The lowest BCUT2D eigenvalue weighted by atomic mass is 9.80. The first-order chi connectivity index (χ1) is 18.2. The van der Waals surface area contributed by atoms with Gasteiger partial charge in [-0.3, -0.25) is 0 Å². The normalized spacial score (nSPS) is 17.5. The topological polar surface area (TPSA) is 32.4 Å². The number of piperidine rings is 1. The van der Waals surface area contributed by atoms with Crippen molar-refractivity contribution in [3.8, 4) is 0 Å². The summed E-state index contributed by atoms with van der Waals surface area (Å²) in [6, 6.07) is 32.8. The van der Waals surface area contributed by atoms with Gasteiger partial charge in [0.05, 0.1) is 12.6 Å². The first-order valence-electron chi connectivity index (χ1n) is 14.2. The van der Waals surface area contributed by atoms with Gasteiger partial charge in [-0.1, -0.05) is 91.0 Å². The van der Waals surface area contributed by atoms with Crippen LogP contribution in [0.4, 0.5) is 0 Å². The number of hydrogen-bond acceptors (Lipinski definition) is 2. The molecule has 211 valence electrons. The summed E-state index contributed by atoms with van der Waals surface area (Å²) < 4.78 is 7.38. The summed E-state index contributed by atoms with van der Waals surface area (Å²) in [7, 11) is 0. The quantitative estimate of drug-likeness (QED) is 0.227. The average molecular weight is 595 g/mol. The highest BCUT2D eigenvalue weighted by Gasteiger charge is 2.46. The number of hydroxylamine groups is 2. The van der Waals surface area contributed by atoms with Crippen molar-refractivity contribution in [2.45, 2.75) is 90.2 Å². The molecule has 1 aliphatic rings. The van der Waals surface area contributed by atoms with Crippen molar-refractivity contribution in [3.63, 3.8) is 0 Å². The molecule has 1 heterocycles. The van der Waals surface area contributed by atoms with Crippen LogP contribution in [0.15, 0.2) is 91.0 Å². The number of hydrogen-bond donors (Lipinski definition) is 0. The van der Waals surface area contributed by atoms with Crippen molar-refractivity contribution >= 4 is 0 Å². The largest absolute Gasteiger partial charge is 1.00 e. The molecule has 39 heavy (non-hydrogen) atoms. The van der Waals surface area contributed by atoms with Crippen LogP contribution in [0.3, 0.4) is 0 Å². The Morgan fingerprint density at radius 3 is 1.46 bits per heavy atom. The number of ether oxygens (including phenoxy) is 1.